The van der Waals surface area contributed by atoms with E-state index >= 15 is 0 Å². The van der Waals surface area contributed by atoms with Crippen LogP contribution in [0.2, 0.25) is 0 Å². The largest absolute Gasteiger partial charge is 0.296 e. The molecule has 0 aliphatic rings. The van der Waals surface area contributed by atoms with E-state index in [-0.39, 0.29) is 0 Å². The van der Waals surface area contributed by atoms with E-state index in [0.29, 0.717) is 5.88 Å². The van der Waals surface area contributed by atoms with E-state index in [1.807, 2.05) is 6.07 Å². The zero-order valence-corrected chi connectivity index (χ0v) is 12.7. The van der Waals surface area contributed by atoms with Crippen molar-refractivity contribution in [2.24, 2.45) is 0 Å². The zero-order valence-electron chi connectivity index (χ0n) is 11.2. The van der Waals surface area contributed by atoms with Gasteiger partial charge in [0.2, 0.25) is 0 Å². The van der Waals surface area contributed by atoms with Crippen LogP contribution in [-0.2, 0) is 6.42 Å². The van der Waals surface area contributed by atoms with E-state index in [2.05, 4.69) is 44.2 Å². The maximum atomic E-state index is 5.93. The third-order valence-corrected chi connectivity index (χ3v) is 4.63. The molecule has 0 unspecified atom stereocenters. The molecule has 3 nitrogen and oxygen atoms in total. The first kappa shape index (κ1) is 12.8. The Morgan fingerprint density at radius 3 is 3.05 bits per heavy atom. The molecule has 0 fully saturated rings. The molecule has 0 N–H and O–H groups in total. The fraction of sp³-hybridized carbons (Fsp3) is 0.125. The number of hydrogen-bond donors (Lipinski definition) is 0. The lowest BCUT2D eigenvalue weighted by Crippen LogP contribution is -2.02. The van der Waals surface area contributed by atoms with Gasteiger partial charge in [-0.15, -0.1) is 22.9 Å². The molecule has 21 heavy (non-hydrogen) atoms. The Kier molecular flexibility index (Phi) is 3.13. The number of alkyl halides is 1. The third-order valence-electron chi connectivity index (χ3n) is 3.54. The first-order valence-electron chi connectivity index (χ1n) is 6.72. The highest BCUT2D eigenvalue weighted by Crippen LogP contribution is 2.27. The molecule has 0 atom stereocenters. The van der Waals surface area contributed by atoms with Crippen molar-refractivity contribution in [3.05, 3.63) is 53.9 Å². The van der Waals surface area contributed by atoms with Crippen molar-refractivity contribution in [1.82, 2.24) is 14.5 Å². The molecule has 1 aromatic carbocycles. The second kappa shape index (κ2) is 5.13. The second-order valence-electron chi connectivity index (χ2n) is 4.81. The number of aromatic nitrogens is 3. The molecule has 0 saturated carbocycles. The topological polar surface area (TPSA) is 30.7 Å². The summed E-state index contributed by atoms with van der Waals surface area (Å²) in [5.41, 5.74) is 3.09. The molecule has 3 aromatic heterocycles. The minimum absolute atomic E-state index is 0.553. The average Bonchev–Trinajstić information content (AvgIpc) is 3.10. The van der Waals surface area contributed by atoms with E-state index in [0.717, 1.165) is 29.0 Å². The van der Waals surface area contributed by atoms with Crippen LogP contribution in [0.25, 0.3) is 26.8 Å². The van der Waals surface area contributed by atoms with Crippen molar-refractivity contribution < 1.29 is 0 Å². The standard InChI is InChI=1S/C16H12ClN3S/c17-6-3-16-19-13-10-18-7-4-14(13)20(16)12-1-2-15-11(9-12)5-8-21-15/h1-2,4-5,7-10H,3,6H2. The summed E-state index contributed by atoms with van der Waals surface area (Å²) in [6.45, 7) is 0. The highest BCUT2D eigenvalue weighted by Gasteiger charge is 2.12. The maximum Gasteiger partial charge on any atom is 0.115 e. The summed E-state index contributed by atoms with van der Waals surface area (Å²) in [5, 5.41) is 3.37. The SMILES string of the molecule is ClCCc1nc2cnccc2n1-c1ccc2sccc2c1. The Balaban J connectivity index is 2.00. The first-order valence-corrected chi connectivity index (χ1v) is 8.13. The van der Waals surface area contributed by atoms with Crippen LogP contribution in [0.15, 0.2) is 48.1 Å². The number of aryl methyl sites for hydroxylation is 1. The van der Waals surface area contributed by atoms with Crippen LogP contribution >= 0.6 is 22.9 Å². The minimum atomic E-state index is 0.553. The predicted molar refractivity (Wildman–Crippen MR) is 88.7 cm³/mol. The Bertz CT molecular complexity index is 925. The molecule has 0 radical (unpaired) electrons. The van der Waals surface area contributed by atoms with Crippen molar-refractivity contribution in [3.63, 3.8) is 0 Å². The Morgan fingerprint density at radius 1 is 1.19 bits per heavy atom. The molecule has 4 aromatic rings. The summed E-state index contributed by atoms with van der Waals surface area (Å²) in [6, 6.07) is 10.6. The van der Waals surface area contributed by atoms with Crippen LogP contribution in [0.4, 0.5) is 0 Å². The van der Waals surface area contributed by atoms with Crippen LogP contribution < -0.4 is 0 Å². The van der Waals surface area contributed by atoms with E-state index in [1.54, 1.807) is 23.7 Å². The van der Waals surface area contributed by atoms with Gasteiger partial charge in [-0.3, -0.25) is 9.55 Å². The number of fused-ring (bicyclic) bond motifs is 2. The number of nitrogens with zero attached hydrogens (tertiary/aromatic N) is 3. The van der Waals surface area contributed by atoms with E-state index in [1.165, 1.54) is 10.1 Å². The van der Waals surface area contributed by atoms with E-state index in [4.69, 9.17) is 11.6 Å². The normalized spacial score (nSPS) is 11.5. The van der Waals surface area contributed by atoms with Gasteiger partial charge in [0.05, 0.1) is 11.7 Å². The molecule has 0 aliphatic carbocycles. The van der Waals surface area contributed by atoms with Gasteiger partial charge in [-0.2, -0.15) is 0 Å². The molecule has 104 valence electrons. The van der Waals surface area contributed by atoms with Gasteiger partial charge in [-0.05, 0) is 41.1 Å². The number of benzene rings is 1. The zero-order chi connectivity index (χ0) is 14.2. The summed E-state index contributed by atoms with van der Waals surface area (Å²) in [4.78, 5) is 8.82. The molecule has 0 bridgehead atoms. The summed E-state index contributed by atoms with van der Waals surface area (Å²) in [7, 11) is 0. The lowest BCUT2D eigenvalue weighted by molar-refractivity contribution is 0.913. The van der Waals surface area contributed by atoms with Crippen LogP contribution in [0.3, 0.4) is 0 Å². The smallest absolute Gasteiger partial charge is 0.115 e. The van der Waals surface area contributed by atoms with Crippen molar-refractivity contribution in [3.8, 4) is 5.69 Å². The van der Waals surface area contributed by atoms with Gasteiger partial charge in [-0.25, -0.2) is 4.98 Å². The molecule has 0 amide bonds. The maximum absolute atomic E-state index is 5.93. The van der Waals surface area contributed by atoms with E-state index < -0.39 is 0 Å². The van der Waals surface area contributed by atoms with Gasteiger partial charge in [0.25, 0.3) is 0 Å². The lowest BCUT2D eigenvalue weighted by Gasteiger charge is -2.08. The van der Waals surface area contributed by atoms with Crippen molar-refractivity contribution in [2.45, 2.75) is 6.42 Å². The quantitative estimate of drug-likeness (QED) is 0.524. The fourth-order valence-corrected chi connectivity index (χ4v) is 3.56. The highest BCUT2D eigenvalue weighted by molar-refractivity contribution is 7.17. The molecule has 3 heterocycles. The van der Waals surface area contributed by atoms with Crippen molar-refractivity contribution in [1.29, 1.82) is 0 Å². The molecule has 0 aliphatic heterocycles. The van der Waals surface area contributed by atoms with Crippen LogP contribution in [0.1, 0.15) is 5.82 Å². The number of pyridine rings is 1. The third kappa shape index (κ3) is 2.11. The molecule has 4 rings (SSSR count). The van der Waals surface area contributed by atoms with Crippen molar-refractivity contribution in [2.75, 3.05) is 5.88 Å². The Morgan fingerprint density at radius 2 is 2.14 bits per heavy atom. The van der Waals surface area contributed by atoms with Gasteiger partial charge in [0.1, 0.15) is 11.3 Å². The second-order valence-corrected chi connectivity index (χ2v) is 6.14. The molecule has 0 saturated heterocycles. The molecular formula is C16H12ClN3S. The number of thiophene rings is 1. The van der Waals surface area contributed by atoms with Crippen LogP contribution in [0, 0.1) is 0 Å². The van der Waals surface area contributed by atoms with Crippen LogP contribution in [0.5, 0.6) is 0 Å². The highest BCUT2D eigenvalue weighted by atomic mass is 35.5. The van der Waals surface area contributed by atoms with Gasteiger partial charge in [-0.1, -0.05) is 0 Å². The summed E-state index contributed by atoms with van der Waals surface area (Å²) in [5.74, 6) is 1.53. The molecule has 0 spiro atoms. The number of halogens is 1. The summed E-state index contributed by atoms with van der Waals surface area (Å²) >= 11 is 7.69. The lowest BCUT2D eigenvalue weighted by atomic mass is 10.2. The monoisotopic (exact) mass is 313 g/mol. The van der Waals surface area contributed by atoms with Gasteiger partial charge >= 0.3 is 0 Å². The van der Waals surface area contributed by atoms with E-state index in [9.17, 15) is 0 Å². The Labute approximate surface area is 130 Å². The van der Waals surface area contributed by atoms with Gasteiger partial charge in [0, 0.05) is 28.9 Å². The average molecular weight is 314 g/mol. The van der Waals surface area contributed by atoms with Gasteiger partial charge in [0.15, 0.2) is 0 Å². The number of imidazole rings is 1. The van der Waals surface area contributed by atoms with Gasteiger partial charge < -0.3 is 0 Å². The molecular weight excluding hydrogens is 302 g/mol. The summed E-state index contributed by atoms with van der Waals surface area (Å²) in [6.07, 6.45) is 4.33. The summed E-state index contributed by atoms with van der Waals surface area (Å²) < 4.78 is 3.47. The fourth-order valence-electron chi connectivity index (χ4n) is 2.62. The van der Waals surface area contributed by atoms with Crippen LogP contribution in [-0.4, -0.2) is 20.4 Å². The predicted octanol–water partition coefficient (Wildman–Crippen LogP) is 4.42. The first-order chi connectivity index (χ1) is 10.4. The van der Waals surface area contributed by atoms with Crippen molar-refractivity contribution >= 4 is 44.1 Å². The molecule has 5 heteroatoms. The minimum Gasteiger partial charge on any atom is -0.296 e. The number of hydrogen-bond acceptors (Lipinski definition) is 3. The Hall–Kier alpha value is -1.91. The number of rotatable bonds is 3.